The van der Waals surface area contributed by atoms with Crippen LogP contribution in [0.5, 0.6) is 0 Å². The van der Waals surface area contributed by atoms with Crippen molar-refractivity contribution in [2.24, 2.45) is 0 Å². The van der Waals surface area contributed by atoms with Gasteiger partial charge in [0.25, 0.3) is 0 Å². The number of aromatic nitrogens is 3. The van der Waals surface area contributed by atoms with Gasteiger partial charge in [0.2, 0.25) is 0 Å². The highest BCUT2D eigenvalue weighted by molar-refractivity contribution is 7.26. The summed E-state index contributed by atoms with van der Waals surface area (Å²) in [7, 11) is 0. The Morgan fingerprint density at radius 1 is 0.400 bits per heavy atom. The molecule has 0 aliphatic rings. The second-order valence-electron chi connectivity index (χ2n) is 15.1. The van der Waals surface area contributed by atoms with Crippen LogP contribution in [0.25, 0.3) is 120 Å². The largest absolute Gasteiger partial charge is 0.456 e. The Morgan fingerprint density at radius 2 is 1.00 bits per heavy atom. The number of fused-ring (bicyclic) bond motifs is 10. The molecule has 0 radical (unpaired) electrons. The van der Waals surface area contributed by atoms with Crippen molar-refractivity contribution >= 4 is 86.2 Å². The fourth-order valence-corrected chi connectivity index (χ4v) is 9.85. The first-order valence-electron chi connectivity index (χ1n) is 20.0. The number of thiophene rings is 1. The molecule has 0 amide bonds. The van der Waals surface area contributed by atoms with Crippen LogP contribution in [0.1, 0.15) is 5.56 Å². The Balaban J connectivity index is 1.20. The molecule has 0 N–H and O–H groups in total. The van der Waals surface area contributed by atoms with Gasteiger partial charge in [-0.1, -0.05) is 140 Å². The molecule has 6 heteroatoms. The van der Waals surface area contributed by atoms with Gasteiger partial charge in [-0.25, -0.2) is 15.0 Å². The topological polar surface area (TPSA) is 65.0 Å². The third kappa shape index (κ3) is 5.57. The maximum Gasteiger partial charge on any atom is 0.165 e. The van der Waals surface area contributed by atoms with E-state index < -0.39 is 0 Å². The van der Waals surface area contributed by atoms with Gasteiger partial charge >= 0.3 is 0 Å². The van der Waals surface area contributed by atoms with E-state index in [4.69, 9.17) is 23.8 Å². The van der Waals surface area contributed by atoms with Gasteiger partial charge in [0, 0.05) is 64.0 Å². The van der Waals surface area contributed by atoms with Crippen LogP contribution in [0.2, 0.25) is 0 Å². The summed E-state index contributed by atoms with van der Waals surface area (Å²) in [6, 6.07) is 63.1. The molecule has 60 heavy (non-hydrogen) atoms. The molecule has 12 aromatic rings. The second-order valence-corrected chi connectivity index (χ2v) is 16.2. The first-order valence-corrected chi connectivity index (χ1v) is 20.8. The second kappa shape index (κ2) is 13.7. The summed E-state index contributed by atoms with van der Waals surface area (Å²) in [4.78, 5) is 16.3. The summed E-state index contributed by atoms with van der Waals surface area (Å²) in [5.41, 5.74) is 8.85. The molecule has 0 aliphatic carbocycles. The molecular weight excluding hydrogens is 755 g/mol. The van der Waals surface area contributed by atoms with Gasteiger partial charge in [0.05, 0.1) is 0 Å². The molecule has 0 saturated heterocycles. The van der Waals surface area contributed by atoms with Crippen molar-refractivity contribution in [2.45, 2.75) is 6.92 Å². The minimum absolute atomic E-state index is 0.554. The van der Waals surface area contributed by atoms with E-state index in [1.165, 1.54) is 15.5 Å². The number of rotatable bonds is 4. The number of hydrogen-bond acceptors (Lipinski definition) is 6. The van der Waals surface area contributed by atoms with Crippen molar-refractivity contribution in [3.63, 3.8) is 0 Å². The third-order valence-electron chi connectivity index (χ3n) is 11.5. The minimum Gasteiger partial charge on any atom is -0.456 e. The zero-order valence-electron chi connectivity index (χ0n) is 32.4. The number of aryl methyl sites for hydroxylation is 1. The molecule has 4 aromatic heterocycles. The van der Waals surface area contributed by atoms with Crippen LogP contribution in [0, 0.1) is 6.92 Å². The van der Waals surface area contributed by atoms with E-state index in [0.717, 1.165) is 92.7 Å². The first-order chi connectivity index (χ1) is 29.6. The quantitative estimate of drug-likeness (QED) is 0.178. The predicted molar refractivity (Wildman–Crippen MR) is 249 cm³/mol. The molecule has 12 rings (SSSR count). The molecule has 0 unspecified atom stereocenters. The molecule has 8 aromatic carbocycles. The van der Waals surface area contributed by atoms with E-state index in [1.807, 2.05) is 24.3 Å². The fourth-order valence-electron chi connectivity index (χ4n) is 8.64. The van der Waals surface area contributed by atoms with Gasteiger partial charge in [-0.2, -0.15) is 0 Å². The van der Waals surface area contributed by atoms with Gasteiger partial charge in [-0.15, -0.1) is 11.3 Å². The molecule has 0 spiro atoms. The number of para-hydroxylation sites is 3. The van der Waals surface area contributed by atoms with Crippen LogP contribution >= 0.6 is 11.3 Å². The normalized spacial score (nSPS) is 11.8. The third-order valence-corrected chi connectivity index (χ3v) is 12.7. The standard InChI is InChI=1S/C54H33N3O2S/c1-32-15-3-2-4-16-33-17-5-6-18-34(33)29-43(32)53-55-52(42-25-14-24-40-38-20-9-12-28-48(38)60-51(40)42)56-54(57-53)44-30-35(31-47-49(44)41-21-8-11-27-46(41)58-47)36-22-13-23-39-37-19-7-10-26-45(37)59-50(36)39/h2-31H,1H3. The molecule has 0 atom stereocenters. The van der Waals surface area contributed by atoms with Crippen molar-refractivity contribution in [3.05, 3.63) is 188 Å². The summed E-state index contributed by atoms with van der Waals surface area (Å²) >= 11 is 1.77. The number of benzene rings is 7. The summed E-state index contributed by atoms with van der Waals surface area (Å²) < 4.78 is 15.6. The molecule has 282 valence electrons. The molecule has 0 saturated carbocycles. The van der Waals surface area contributed by atoms with E-state index in [0.29, 0.717) is 17.5 Å². The Morgan fingerprint density at radius 3 is 1.83 bits per heavy atom. The molecule has 4 heterocycles. The maximum atomic E-state index is 6.68. The Kier molecular flexibility index (Phi) is 7.86. The van der Waals surface area contributed by atoms with Crippen LogP contribution in [-0.4, -0.2) is 15.0 Å². The number of nitrogens with zero attached hydrogens (tertiary/aromatic N) is 3. The van der Waals surface area contributed by atoms with Gasteiger partial charge in [0.1, 0.15) is 22.3 Å². The van der Waals surface area contributed by atoms with Crippen molar-refractivity contribution < 1.29 is 8.83 Å². The lowest BCUT2D eigenvalue weighted by molar-refractivity contribution is 0.668. The monoisotopic (exact) mass is 787 g/mol. The van der Waals surface area contributed by atoms with Gasteiger partial charge < -0.3 is 8.83 Å². The van der Waals surface area contributed by atoms with Crippen LogP contribution in [0.4, 0.5) is 0 Å². The molecule has 0 bridgehead atoms. The van der Waals surface area contributed by atoms with E-state index >= 15 is 0 Å². The Bertz CT molecular complexity index is 3760. The lowest BCUT2D eigenvalue weighted by Gasteiger charge is -2.12. The number of furan rings is 2. The summed E-state index contributed by atoms with van der Waals surface area (Å²) in [5, 5.41) is 8.66. The highest BCUT2D eigenvalue weighted by atomic mass is 32.1. The molecule has 0 fully saturated rings. The van der Waals surface area contributed by atoms with Crippen LogP contribution in [-0.2, 0) is 0 Å². The number of hydrogen-bond donors (Lipinski definition) is 0. The van der Waals surface area contributed by atoms with Crippen LogP contribution in [0.3, 0.4) is 0 Å². The molecular formula is C54H33N3O2S. The van der Waals surface area contributed by atoms with Crippen molar-refractivity contribution in [1.29, 1.82) is 0 Å². The van der Waals surface area contributed by atoms with Crippen LogP contribution in [0.15, 0.2) is 191 Å². The Hall–Kier alpha value is -7.67. The maximum absolute atomic E-state index is 6.68. The van der Waals surface area contributed by atoms with Gasteiger partial charge in [-0.05, 0) is 71.3 Å². The SMILES string of the molecule is Cc1cccccc2ccccc2cc1-c1nc(-c2cccc3c2sc2ccccc23)nc(-c2cc(-c3cccc4c3oc3ccccc34)cc3oc4ccccc4c23)n1. The van der Waals surface area contributed by atoms with E-state index in [1.54, 1.807) is 11.3 Å². The zero-order chi connectivity index (χ0) is 39.7. The van der Waals surface area contributed by atoms with E-state index in [2.05, 4.69) is 165 Å². The minimum atomic E-state index is 0.554. The predicted octanol–water partition coefficient (Wildman–Crippen LogP) is 15.3. The first kappa shape index (κ1) is 34.4. The summed E-state index contributed by atoms with van der Waals surface area (Å²) in [5.74, 6) is 1.74. The molecule has 5 nitrogen and oxygen atoms in total. The van der Waals surface area contributed by atoms with Gasteiger partial charge in [0.15, 0.2) is 17.5 Å². The summed E-state index contributed by atoms with van der Waals surface area (Å²) in [6.07, 6.45) is 0. The van der Waals surface area contributed by atoms with E-state index in [9.17, 15) is 0 Å². The van der Waals surface area contributed by atoms with Crippen molar-refractivity contribution in [2.75, 3.05) is 0 Å². The zero-order valence-corrected chi connectivity index (χ0v) is 33.2. The average Bonchev–Trinajstić information content (AvgIpc) is 3.99. The molecule has 0 aliphatic heterocycles. The van der Waals surface area contributed by atoms with E-state index in [-0.39, 0.29) is 0 Å². The Labute approximate surface area is 348 Å². The lowest BCUT2D eigenvalue weighted by atomic mass is 9.96. The van der Waals surface area contributed by atoms with Gasteiger partial charge in [-0.3, -0.25) is 0 Å². The lowest BCUT2D eigenvalue weighted by Crippen LogP contribution is -2.01. The average molecular weight is 788 g/mol. The smallest absolute Gasteiger partial charge is 0.165 e. The highest BCUT2D eigenvalue weighted by Gasteiger charge is 2.23. The summed E-state index contributed by atoms with van der Waals surface area (Å²) in [6.45, 7) is 2.12. The van der Waals surface area contributed by atoms with Crippen molar-refractivity contribution in [3.8, 4) is 45.3 Å². The van der Waals surface area contributed by atoms with Crippen molar-refractivity contribution in [1.82, 2.24) is 15.0 Å². The fraction of sp³-hybridized carbons (Fsp3) is 0.0185. The highest BCUT2D eigenvalue weighted by Crippen LogP contribution is 2.44. The van der Waals surface area contributed by atoms with Crippen LogP contribution < -0.4 is 0 Å².